The highest BCUT2D eigenvalue weighted by Gasteiger charge is 2.26. The molecule has 0 aliphatic carbocycles. The topological polar surface area (TPSA) is 76.3 Å². The number of halogens is 1. The smallest absolute Gasteiger partial charge is 0.243 e. The molecular weight excluding hydrogens is 430 g/mol. The van der Waals surface area contributed by atoms with Crippen LogP contribution in [0.4, 0.5) is 0 Å². The summed E-state index contributed by atoms with van der Waals surface area (Å²) in [7, 11) is -3.73. The minimum atomic E-state index is -3.73. The second-order valence-corrected chi connectivity index (χ2v) is 8.77. The van der Waals surface area contributed by atoms with Crippen molar-refractivity contribution in [2.45, 2.75) is 18.4 Å². The first-order valence-corrected chi connectivity index (χ1v) is 10.4. The molecule has 1 aromatic heterocycles. The number of hydrogen-bond donors (Lipinski definition) is 0. The standard InChI is InChI=1S/C19H18BrN3O3S/c1-3-12-23(27(24,25)17-10-8-16(20)9-11-17)13-18-21-19(22-26-18)15-6-4-14(2)5-7-15/h3-11H,1,12-13H2,2H3. The van der Waals surface area contributed by atoms with Gasteiger partial charge < -0.3 is 4.52 Å². The van der Waals surface area contributed by atoms with E-state index in [1.165, 1.54) is 10.4 Å². The van der Waals surface area contributed by atoms with Crippen molar-refractivity contribution in [2.75, 3.05) is 6.54 Å². The number of aromatic nitrogens is 2. The molecule has 0 saturated heterocycles. The Hall–Kier alpha value is -2.29. The Kier molecular flexibility index (Phi) is 5.88. The van der Waals surface area contributed by atoms with Crippen LogP contribution in [0.2, 0.25) is 0 Å². The number of benzene rings is 2. The highest BCUT2D eigenvalue weighted by atomic mass is 79.9. The molecule has 0 bridgehead atoms. The summed E-state index contributed by atoms with van der Waals surface area (Å²) in [6.45, 7) is 5.72. The van der Waals surface area contributed by atoms with Gasteiger partial charge in [-0.05, 0) is 31.2 Å². The summed E-state index contributed by atoms with van der Waals surface area (Å²) in [6, 6.07) is 14.1. The SMILES string of the molecule is C=CCN(Cc1nc(-c2ccc(C)cc2)no1)S(=O)(=O)c1ccc(Br)cc1. The highest BCUT2D eigenvalue weighted by Crippen LogP contribution is 2.22. The second-order valence-electron chi connectivity index (χ2n) is 5.92. The molecule has 0 aliphatic rings. The molecule has 0 fully saturated rings. The Morgan fingerprint density at radius 3 is 2.44 bits per heavy atom. The zero-order valence-electron chi connectivity index (χ0n) is 14.7. The van der Waals surface area contributed by atoms with Crippen molar-refractivity contribution in [1.29, 1.82) is 0 Å². The van der Waals surface area contributed by atoms with Crippen LogP contribution < -0.4 is 0 Å². The van der Waals surface area contributed by atoms with E-state index in [0.29, 0.717) is 5.82 Å². The fourth-order valence-electron chi connectivity index (χ4n) is 2.44. The lowest BCUT2D eigenvalue weighted by atomic mass is 10.1. The van der Waals surface area contributed by atoms with E-state index in [9.17, 15) is 8.42 Å². The van der Waals surface area contributed by atoms with E-state index in [-0.39, 0.29) is 23.9 Å². The van der Waals surface area contributed by atoms with E-state index >= 15 is 0 Å². The minimum absolute atomic E-state index is 0.0384. The molecular formula is C19H18BrN3O3S. The second kappa shape index (κ2) is 8.16. The maximum Gasteiger partial charge on any atom is 0.243 e. The molecule has 0 saturated carbocycles. The quantitative estimate of drug-likeness (QED) is 0.507. The van der Waals surface area contributed by atoms with Crippen LogP contribution in [0.1, 0.15) is 11.5 Å². The van der Waals surface area contributed by atoms with E-state index in [4.69, 9.17) is 4.52 Å². The van der Waals surface area contributed by atoms with Crippen LogP contribution >= 0.6 is 15.9 Å². The zero-order valence-corrected chi connectivity index (χ0v) is 17.1. The van der Waals surface area contributed by atoms with Crippen LogP contribution in [-0.2, 0) is 16.6 Å². The third-order valence-corrected chi connectivity index (χ3v) is 6.23. The van der Waals surface area contributed by atoms with Gasteiger partial charge in [0.05, 0.1) is 11.4 Å². The average Bonchev–Trinajstić information content (AvgIpc) is 3.11. The third-order valence-electron chi connectivity index (χ3n) is 3.87. The van der Waals surface area contributed by atoms with E-state index in [1.807, 2.05) is 31.2 Å². The highest BCUT2D eigenvalue weighted by molar-refractivity contribution is 9.10. The normalized spacial score (nSPS) is 11.7. The van der Waals surface area contributed by atoms with E-state index in [1.54, 1.807) is 24.3 Å². The van der Waals surface area contributed by atoms with Crippen molar-refractivity contribution >= 4 is 26.0 Å². The lowest BCUT2D eigenvalue weighted by Gasteiger charge is -2.18. The van der Waals surface area contributed by atoms with Crippen molar-refractivity contribution in [3.63, 3.8) is 0 Å². The Labute approximate surface area is 166 Å². The molecule has 0 atom stereocenters. The molecule has 0 N–H and O–H groups in total. The molecule has 3 aromatic rings. The first kappa shape index (κ1) is 19.5. The molecule has 1 heterocycles. The molecule has 0 spiro atoms. The van der Waals surface area contributed by atoms with Gasteiger partial charge in [-0.1, -0.05) is 57.0 Å². The molecule has 2 aromatic carbocycles. The van der Waals surface area contributed by atoms with Crippen LogP contribution in [0.3, 0.4) is 0 Å². The van der Waals surface area contributed by atoms with Crippen LogP contribution in [0.15, 0.2) is 75.1 Å². The molecule has 8 heteroatoms. The van der Waals surface area contributed by atoms with Gasteiger partial charge in [-0.25, -0.2) is 8.42 Å². The van der Waals surface area contributed by atoms with Gasteiger partial charge in [0.25, 0.3) is 0 Å². The molecule has 27 heavy (non-hydrogen) atoms. The number of sulfonamides is 1. The van der Waals surface area contributed by atoms with E-state index < -0.39 is 10.0 Å². The predicted molar refractivity (Wildman–Crippen MR) is 106 cm³/mol. The Bertz CT molecular complexity index is 1030. The van der Waals surface area contributed by atoms with E-state index in [2.05, 4.69) is 32.6 Å². The lowest BCUT2D eigenvalue weighted by molar-refractivity contribution is 0.327. The van der Waals surface area contributed by atoms with Gasteiger partial charge in [-0.15, -0.1) is 6.58 Å². The summed E-state index contributed by atoms with van der Waals surface area (Å²) in [5.41, 5.74) is 1.93. The Morgan fingerprint density at radius 2 is 1.81 bits per heavy atom. The number of nitrogens with zero attached hydrogens (tertiary/aromatic N) is 3. The van der Waals surface area contributed by atoms with Gasteiger partial charge in [0, 0.05) is 16.6 Å². The molecule has 0 amide bonds. The van der Waals surface area contributed by atoms with Crippen molar-refractivity contribution in [3.8, 4) is 11.4 Å². The molecule has 0 radical (unpaired) electrons. The Morgan fingerprint density at radius 1 is 1.15 bits per heavy atom. The summed E-state index contributed by atoms with van der Waals surface area (Å²) < 4.78 is 33.2. The number of hydrogen-bond acceptors (Lipinski definition) is 5. The van der Waals surface area contributed by atoms with Gasteiger partial charge in [-0.2, -0.15) is 9.29 Å². The first-order valence-electron chi connectivity index (χ1n) is 8.16. The first-order chi connectivity index (χ1) is 12.9. The van der Waals surface area contributed by atoms with Crippen LogP contribution in [0.25, 0.3) is 11.4 Å². The van der Waals surface area contributed by atoms with Crippen LogP contribution in [-0.4, -0.2) is 29.4 Å². The van der Waals surface area contributed by atoms with Crippen molar-refractivity contribution in [2.24, 2.45) is 0 Å². The summed E-state index contributed by atoms with van der Waals surface area (Å²) in [5.74, 6) is 0.637. The fourth-order valence-corrected chi connectivity index (χ4v) is 4.06. The van der Waals surface area contributed by atoms with Gasteiger partial charge in [-0.3, -0.25) is 0 Å². The van der Waals surface area contributed by atoms with Crippen LogP contribution in [0.5, 0.6) is 0 Å². The summed E-state index contributed by atoms with van der Waals surface area (Å²) in [6.07, 6.45) is 1.52. The minimum Gasteiger partial charge on any atom is -0.338 e. The Balaban J connectivity index is 1.85. The van der Waals surface area contributed by atoms with E-state index in [0.717, 1.165) is 15.6 Å². The number of aryl methyl sites for hydroxylation is 1. The zero-order chi connectivity index (χ0) is 19.4. The summed E-state index contributed by atoms with van der Waals surface area (Å²) in [4.78, 5) is 4.51. The lowest BCUT2D eigenvalue weighted by Crippen LogP contribution is -2.31. The monoisotopic (exact) mass is 447 g/mol. The molecule has 6 nitrogen and oxygen atoms in total. The largest absolute Gasteiger partial charge is 0.338 e. The molecule has 3 rings (SSSR count). The summed E-state index contributed by atoms with van der Waals surface area (Å²) >= 11 is 3.31. The van der Waals surface area contributed by atoms with Gasteiger partial charge in [0.2, 0.25) is 21.7 Å². The third kappa shape index (κ3) is 4.52. The number of rotatable bonds is 7. The molecule has 0 aliphatic heterocycles. The van der Waals surface area contributed by atoms with Gasteiger partial charge in [0.15, 0.2) is 0 Å². The van der Waals surface area contributed by atoms with Crippen molar-refractivity contribution in [3.05, 3.63) is 77.1 Å². The van der Waals surface area contributed by atoms with Crippen molar-refractivity contribution in [1.82, 2.24) is 14.4 Å². The fraction of sp³-hybridized carbons (Fsp3) is 0.158. The van der Waals surface area contributed by atoms with Crippen LogP contribution in [0, 0.1) is 6.92 Å². The summed E-state index contributed by atoms with van der Waals surface area (Å²) in [5, 5.41) is 3.96. The molecule has 140 valence electrons. The average molecular weight is 448 g/mol. The van der Waals surface area contributed by atoms with Crippen molar-refractivity contribution < 1.29 is 12.9 Å². The predicted octanol–water partition coefficient (Wildman–Crippen LogP) is 4.18. The van der Waals surface area contributed by atoms with Gasteiger partial charge in [0.1, 0.15) is 0 Å². The maximum atomic E-state index is 12.9. The maximum absolute atomic E-state index is 12.9. The molecule has 0 unspecified atom stereocenters. The van der Waals surface area contributed by atoms with Gasteiger partial charge >= 0.3 is 0 Å².